The first-order valence-corrected chi connectivity index (χ1v) is 7.56. The molecule has 19 heavy (non-hydrogen) atoms. The molecule has 1 saturated carbocycles. The number of nitrogens with zero attached hydrogens (tertiary/aromatic N) is 1. The molecule has 1 aromatic carbocycles. The maximum absolute atomic E-state index is 3.64. The van der Waals surface area contributed by atoms with Crippen LogP contribution < -0.4 is 5.32 Å². The van der Waals surface area contributed by atoms with E-state index in [1.54, 1.807) is 0 Å². The number of benzene rings is 1. The van der Waals surface area contributed by atoms with Gasteiger partial charge in [0.25, 0.3) is 0 Å². The predicted molar refractivity (Wildman–Crippen MR) is 82.3 cm³/mol. The second kappa shape index (κ2) is 6.53. The van der Waals surface area contributed by atoms with Gasteiger partial charge in [0.1, 0.15) is 0 Å². The number of aryl methyl sites for hydroxylation is 1. The summed E-state index contributed by atoms with van der Waals surface area (Å²) in [6.07, 6.45) is 2.75. The Hall–Kier alpha value is -0.860. The average molecular weight is 260 g/mol. The Kier molecular flexibility index (Phi) is 5.00. The molecule has 1 aliphatic rings. The first-order chi connectivity index (χ1) is 9.08. The van der Waals surface area contributed by atoms with Crippen LogP contribution >= 0.6 is 0 Å². The van der Waals surface area contributed by atoms with Gasteiger partial charge in [-0.1, -0.05) is 31.2 Å². The van der Waals surface area contributed by atoms with E-state index in [0.717, 1.165) is 19.1 Å². The maximum atomic E-state index is 3.64. The molecule has 0 bridgehead atoms. The molecule has 1 fully saturated rings. The van der Waals surface area contributed by atoms with Gasteiger partial charge in [-0.2, -0.15) is 0 Å². The fraction of sp³-hybridized carbons (Fsp3) is 0.647. The minimum atomic E-state index is 0.603. The quantitative estimate of drug-likeness (QED) is 0.810. The van der Waals surface area contributed by atoms with Crippen LogP contribution in [0.15, 0.2) is 24.3 Å². The van der Waals surface area contributed by atoms with Crippen LogP contribution in [0, 0.1) is 12.8 Å². The van der Waals surface area contributed by atoms with E-state index in [9.17, 15) is 0 Å². The van der Waals surface area contributed by atoms with Crippen LogP contribution in [0.1, 0.15) is 37.8 Å². The number of hydrogen-bond acceptors (Lipinski definition) is 2. The molecule has 2 atom stereocenters. The highest BCUT2D eigenvalue weighted by molar-refractivity contribution is 5.25. The first kappa shape index (κ1) is 14.5. The van der Waals surface area contributed by atoms with Gasteiger partial charge in [-0.25, -0.2) is 0 Å². The molecule has 0 radical (unpaired) electrons. The summed E-state index contributed by atoms with van der Waals surface area (Å²) in [5.41, 5.74) is 2.84. The van der Waals surface area contributed by atoms with Crippen molar-refractivity contribution in [2.45, 2.75) is 52.2 Å². The highest BCUT2D eigenvalue weighted by Gasteiger charge is 2.23. The van der Waals surface area contributed by atoms with Crippen LogP contribution in [0.3, 0.4) is 0 Å². The SMILES string of the molecule is Cc1ccccc1CN(C)C(C)C(C)CNC1CC1. The van der Waals surface area contributed by atoms with Crippen LogP contribution in [0.5, 0.6) is 0 Å². The largest absolute Gasteiger partial charge is 0.314 e. The summed E-state index contributed by atoms with van der Waals surface area (Å²) in [5.74, 6) is 0.689. The summed E-state index contributed by atoms with van der Waals surface area (Å²) in [5, 5.41) is 3.64. The van der Waals surface area contributed by atoms with Crippen molar-refractivity contribution >= 4 is 0 Å². The third kappa shape index (κ3) is 4.32. The minimum Gasteiger partial charge on any atom is -0.314 e. The van der Waals surface area contributed by atoms with E-state index < -0.39 is 0 Å². The van der Waals surface area contributed by atoms with Crippen LogP contribution in [0.2, 0.25) is 0 Å². The van der Waals surface area contributed by atoms with E-state index in [0.29, 0.717) is 12.0 Å². The summed E-state index contributed by atoms with van der Waals surface area (Å²) >= 11 is 0. The molecule has 0 aliphatic heterocycles. The van der Waals surface area contributed by atoms with Crippen molar-refractivity contribution in [3.05, 3.63) is 35.4 Å². The van der Waals surface area contributed by atoms with Crippen molar-refractivity contribution in [3.63, 3.8) is 0 Å². The molecule has 2 rings (SSSR count). The summed E-state index contributed by atoms with van der Waals surface area (Å²) in [6, 6.07) is 10.1. The predicted octanol–water partition coefficient (Wildman–Crippen LogP) is 3.20. The van der Waals surface area contributed by atoms with E-state index in [2.05, 4.69) is 62.3 Å². The number of rotatable bonds is 7. The zero-order valence-electron chi connectivity index (χ0n) is 12.8. The van der Waals surface area contributed by atoms with Gasteiger partial charge in [-0.15, -0.1) is 0 Å². The van der Waals surface area contributed by atoms with Crippen molar-refractivity contribution in [1.82, 2.24) is 10.2 Å². The smallest absolute Gasteiger partial charge is 0.0236 e. The van der Waals surface area contributed by atoms with E-state index in [1.165, 1.54) is 24.0 Å². The lowest BCUT2D eigenvalue weighted by atomic mass is 10.0. The first-order valence-electron chi connectivity index (χ1n) is 7.56. The van der Waals surface area contributed by atoms with Crippen molar-refractivity contribution in [3.8, 4) is 0 Å². The van der Waals surface area contributed by atoms with Crippen molar-refractivity contribution in [1.29, 1.82) is 0 Å². The van der Waals surface area contributed by atoms with Gasteiger partial charge >= 0.3 is 0 Å². The fourth-order valence-corrected chi connectivity index (χ4v) is 2.45. The number of hydrogen-bond donors (Lipinski definition) is 1. The van der Waals surface area contributed by atoms with Gasteiger partial charge in [0.2, 0.25) is 0 Å². The van der Waals surface area contributed by atoms with Crippen molar-refractivity contribution < 1.29 is 0 Å². The molecular formula is C17H28N2. The monoisotopic (exact) mass is 260 g/mol. The third-order valence-corrected chi connectivity index (χ3v) is 4.51. The molecular weight excluding hydrogens is 232 g/mol. The normalized spacial score (nSPS) is 18.6. The molecule has 0 amide bonds. The average Bonchev–Trinajstić information content (AvgIpc) is 3.21. The van der Waals surface area contributed by atoms with Gasteiger partial charge in [0, 0.05) is 18.6 Å². The molecule has 1 N–H and O–H groups in total. The lowest BCUT2D eigenvalue weighted by Crippen LogP contribution is -2.39. The second-order valence-corrected chi connectivity index (χ2v) is 6.24. The highest BCUT2D eigenvalue weighted by Crippen LogP contribution is 2.20. The molecule has 2 heteroatoms. The fourth-order valence-electron chi connectivity index (χ4n) is 2.45. The lowest BCUT2D eigenvalue weighted by molar-refractivity contribution is 0.188. The zero-order chi connectivity index (χ0) is 13.8. The van der Waals surface area contributed by atoms with Gasteiger partial charge in [-0.3, -0.25) is 4.90 Å². The summed E-state index contributed by atoms with van der Waals surface area (Å²) in [7, 11) is 2.24. The Labute approximate surface area is 118 Å². The van der Waals surface area contributed by atoms with Gasteiger partial charge < -0.3 is 5.32 Å². The van der Waals surface area contributed by atoms with Crippen LogP contribution in [-0.4, -0.2) is 30.6 Å². The van der Waals surface area contributed by atoms with Crippen LogP contribution in [0.4, 0.5) is 0 Å². The Morgan fingerprint density at radius 2 is 1.95 bits per heavy atom. The molecule has 1 aromatic rings. The molecule has 0 spiro atoms. The van der Waals surface area contributed by atoms with E-state index in [4.69, 9.17) is 0 Å². The second-order valence-electron chi connectivity index (χ2n) is 6.24. The minimum absolute atomic E-state index is 0.603. The van der Waals surface area contributed by atoms with Gasteiger partial charge in [0.15, 0.2) is 0 Å². The van der Waals surface area contributed by atoms with Crippen LogP contribution in [-0.2, 0) is 6.54 Å². The van der Waals surface area contributed by atoms with E-state index in [-0.39, 0.29) is 0 Å². The van der Waals surface area contributed by atoms with Crippen molar-refractivity contribution in [2.24, 2.45) is 5.92 Å². The van der Waals surface area contributed by atoms with Gasteiger partial charge in [0.05, 0.1) is 0 Å². The topological polar surface area (TPSA) is 15.3 Å². The van der Waals surface area contributed by atoms with Crippen molar-refractivity contribution in [2.75, 3.05) is 13.6 Å². The Morgan fingerprint density at radius 3 is 2.58 bits per heavy atom. The standard InChI is InChI=1S/C17H28N2/c1-13-7-5-6-8-16(13)12-19(4)15(3)14(2)11-18-17-9-10-17/h5-8,14-15,17-18H,9-12H2,1-4H3. The summed E-state index contributed by atoms with van der Waals surface area (Å²) in [4.78, 5) is 2.47. The molecule has 0 saturated heterocycles. The third-order valence-electron chi connectivity index (χ3n) is 4.51. The van der Waals surface area contributed by atoms with Crippen LogP contribution in [0.25, 0.3) is 0 Å². The number of nitrogens with one attached hydrogen (secondary N) is 1. The molecule has 0 aromatic heterocycles. The Bertz CT molecular complexity index is 398. The zero-order valence-corrected chi connectivity index (χ0v) is 12.8. The highest BCUT2D eigenvalue weighted by atomic mass is 15.1. The molecule has 1 aliphatic carbocycles. The Morgan fingerprint density at radius 1 is 1.26 bits per heavy atom. The maximum Gasteiger partial charge on any atom is 0.0236 e. The molecule has 0 heterocycles. The summed E-state index contributed by atoms with van der Waals surface area (Å²) < 4.78 is 0. The molecule has 2 unspecified atom stereocenters. The lowest BCUT2D eigenvalue weighted by Gasteiger charge is -2.30. The summed E-state index contributed by atoms with van der Waals surface area (Å²) in [6.45, 7) is 9.09. The molecule has 2 nitrogen and oxygen atoms in total. The van der Waals surface area contributed by atoms with Gasteiger partial charge in [-0.05, 0) is 57.3 Å². The molecule has 106 valence electrons. The van der Waals surface area contributed by atoms with E-state index >= 15 is 0 Å². The van der Waals surface area contributed by atoms with E-state index in [1.807, 2.05) is 0 Å². The Balaban J connectivity index is 1.83.